The van der Waals surface area contributed by atoms with E-state index in [0.29, 0.717) is 6.54 Å². The summed E-state index contributed by atoms with van der Waals surface area (Å²) in [5, 5.41) is 8.94. The monoisotopic (exact) mass is 204 g/mol. The molecule has 0 amide bonds. The van der Waals surface area contributed by atoms with E-state index >= 15 is 0 Å². The maximum absolute atomic E-state index is 11.9. The van der Waals surface area contributed by atoms with Crippen molar-refractivity contribution in [2.45, 2.75) is 40.7 Å². The molecule has 0 aliphatic heterocycles. The average molecular weight is 204 g/mol. The van der Waals surface area contributed by atoms with Crippen LogP contribution >= 0.6 is 0 Å². The fourth-order valence-electron chi connectivity index (χ4n) is 1.73. The maximum Gasteiger partial charge on any atom is 0.268 e. The van der Waals surface area contributed by atoms with Gasteiger partial charge < -0.3 is 4.57 Å². The molecule has 1 heterocycles. The quantitative estimate of drug-likeness (QED) is 0.740. The number of aromatic nitrogens is 1. The van der Waals surface area contributed by atoms with Gasteiger partial charge >= 0.3 is 0 Å². The summed E-state index contributed by atoms with van der Waals surface area (Å²) in [6.45, 7) is 8.42. The Kier molecular flexibility index (Phi) is 3.31. The first-order valence-electron chi connectivity index (χ1n) is 5.15. The summed E-state index contributed by atoms with van der Waals surface area (Å²) in [7, 11) is 0. The van der Waals surface area contributed by atoms with E-state index in [1.54, 1.807) is 4.57 Å². The third-order valence-corrected chi connectivity index (χ3v) is 2.90. The smallest absolute Gasteiger partial charge is 0.268 e. The van der Waals surface area contributed by atoms with Crippen LogP contribution < -0.4 is 5.56 Å². The largest absolute Gasteiger partial charge is 0.312 e. The predicted octanol–water partition coefficient (Wildman–Crippen LogP) is 2.06. The lowest BCUT2D eigenvalue weighted by Gasteiger charge is -2.14. The van der Waals surface area contributed by atoms with Crippen LogP contribution in [0.5, 0.6) is 0 Å². The van der Waals surface area contributed by atoms with Crippen molar-refractivity contribution in [1.29, 1.82) is 5.26 Å². The number of nitrogens with zero attached hydrogens (tertiary/aromatic N) is 2. The molecule has 0 fully saturated rings. The molecule has 0 aliphatic rings. The molecule has 15 heavy (non-hydrogen) atoms. The van der Waals surface area contributed by atoms with Gasteiger partial charge in [0.05, 0.1) is 0 Å². The third-order valence-electron chi connectivity index (χ3n) is 2.90. The summed E-state index contributed by atoms with van der Waals surface area (Å²) < 4.78 is 1.70. The van der Waals surface area contributed by atoms with Crippen molar-refractivity contribution in [3.05, 3.63) is 32.7 Å². The number of pyridine rings is 1. The van der Waals surface area contributed by atoms with Gasteiger partial charge in [-0.3, -0.25) is 4.79 Å². The zero-order valence-electron chi connectivity index (χ0n) is 9.72. The topological polar surface area (TPSA) is 45.8 Å². The molecule has 3 heteroatoms. The standard InChI is InChI=1S/C12H16N2O/c1-5-6-14-10(4)8(2)9(3)11(7-13)12(14)15/h5-6H2,1-4H3. The number of hydrogen-bond donors (Lipinski definition) is 0. The molecule has 0 aromatic carbocycles. The Balaban J connectivity index is 3.63. The fraction of sp³-hybridized carbons (Fsp3) is 0.500. The van der Waals surface area contributed by atoms with E-state index in [4.69, 9.17) is 5.26 Å². The molecule has 0 atom stereocenters. The summed E-state index contributed by atoms with van der Waals surface area (Å²) in [4.78, 5) is 11.9. The first kappa shape index (κ1) is 11.5. The van der Waals surface area contributed by atoms with Gasteiger partial charge in [-0.1, -0.05) is 6.92 Å². The van der Waals surface area contributed by atoms with Gasteiger partial charge in [0.15, 0.2) is 0 Å². The van der Waals surface area contributed by atoms with E-state index in [9.17, 15) is 4.79 Å². The van der Waals surface area contributed by atoms with Crippen molar-refractivity contribution >= 4 is 0 Å². The Labute approximate surface area is 90.0 Å². The zero-order chi connectivity index (χ0) is 11.6. The van der Waals surface area contributed by atoms with E-state index in [-0.39, 0.29) is 11.1 Å². The molecular weight excluding hydrogens is 188 g/mol. The maximum atomic E-state index is 11.9. The number of nitriles is 1. The molecule has 0 spiro atoms. The molecule has 0 radical (unpaired) electrons. The molecule has 0 aliphatic carbocycles. The van der Waals surface area contributed by atoms with Crippen molar-refractivity contribution in [3.8, 4) is 6.07 Å². The van der Waals surface area contributed by atoms with E-state index < -0.39 is 0 Å². The molecule has 1 rings (SSSR count). The van der Waals surface area contributed by atoms with E-state index in [0.717, 1.165) is 23.2 Å². The lowest BCUT2D eigenvalue weighted by Crippen LogP contribution is -2.27. The van der Waals surface area contributed by atoms with E-state index in [1.165, 1.54) is 0 Å². The highest BCUT2D eigenvalue weighted by Crippen LogP contribution is 2.13. The van der Waals surface area contributed by atoms with Gasteiger partial charge in [0.1, 0.15) is 11.6 Å². The minimum Gasteiger partial charge on any atom is -0.312 e. The molecule has 0 saturated carbocycles. The molecule has 1 aromatic rings. The van der Waals surface area contributed by atoms with Crippen LogP contribution in [0.2, 0.25) is 0 Å². The highest BCUT2D eigenvalue weighted by molar-refractivity contribution is 5.41. The Morgan fingerprint density at radius 2 is 1.87 bits per heavy atom. The second-order valence-electron chi connectivity index (χ2n) is 3.78. The lowest BCUT2D eigenvalue weighted by molar-refractivity contribution is 0.628. The molecule has 0 N–H and O–H groups in total. The second kappa shape index (κ2) is 4.31. The van der Waals surface area contributed by atoms with Crippen LogP contribution in [0.4, 0.5) is 0 Å². The van der Waals surface area contributed by atoms with Crippen LogP contribution in [0.1, 0.15) is 35.7 Å². The SMILES string of the molecule is CCCn1c(C)c(C)c(C)c(C#N)c1=O. The van der Waals surface area contributed by atoms with Crippen molar-refractivity contribution in [3.63, 3.8) is 0 Å². The zero-order valence-corrected chi connectivity index (χ0v) is 9.72. The van der Waals surface area contributed by atoms with Crippen LogP contribution in [-0.2, 0) is 6.54 Å². The van der Waals surface area contributed by atoms with Gasteiger partial charge in [-0.2, -0.15) is 5.26 Å². The van der Waals surface area contributed by atoms with Crippen molar-refractivity contribution in [2.75, 3.05) is 0 Å². The Morgan fingerprint density at radius 1 is 1.27 bits per heavy atom. The van der Waals surface area contributed by atoms with Crippen LogP contribution in [0.15, 0.2) is 4.79 Å². The highest BCUT2D eigenvalue weighted by atomic mass is 16.1. The first-order chi connectivity index (χ1) is 7.04. The summed E-state index contributed by atoms with van der Waals surface area (Å²) >= 11 is 0. The summed E-state index contributed by atoms with van der Waals surface area (Å²) in [6.07, 6.45) is 0.897. The molecule has 0 unspecified atom stereocenters. The summed E-state index contributed by atoms with van der Waals surface area (Å²) in [5.41, 5.74) is 2.96. The van der Waals surface area contributed by atoms with Crippen LogP contribution in [0.3, 0.4) is 0 Å². The summed E-state index contributed by atoms with van der Waals surface area (Å²) in [6, 6.07) is 2.00. The molecule has 80 valence electrons. The van der Waals surface area contributed by atoms with Crippen molar-refractivity contribution in [1.82, 2.24) is 4.57 Å². The highest BCUT2D eigenvalue weighted by Gasteiger charge is 2.12. The van der Waals surface area contributed by atoms with Crippen LogP contribution in [0, 0.1) is 32.1 Å². The number of rotatable bonds is 2. The summed E-state index contributed by atoms with van der Waals surface area (Å²) in [5.74, 6) is 0. The number of hydrogen-bond acceptors (Lipinski definition) is 2. The van der Waals surface area contributed by atoms with Gasteiger partial charge in [-0.15, -0.1) is 0 Å². The van der Waals surface area contributed by atoms with Gasteiger partial charge in [0, 0.05) is 12.2 Å². The molecule has 1 aromatic heterocycles. The first-order valence-corrected chi connectivity index (χ1v) is 5.15. The predicted molar refractivity (Wildman–Crippen MR) is 59.9 cm³/mol. The van der Waals surface area contributed by atoms with Gasteiger partial charge in [0.2, 0.25) is 0 Å². The third kappa shape index (κ3) is 1.80. The van der Waals surface area contributed by atoms with Crippen LogP contribution in [0.25, 0.3) is 0 Å². The fourth-order valence-corrected chi connectivity index (χ4v) is 1.73. The van der Waals surface area contributed by atoms with Gasteiger partial charge in [0.25, 0.3) is 5.56 Å². The minimum absolute atomic E-state index is 0.153. The van der Waals surface area contributed by atoms with Gasteiger partial charge in [-0.25, -0.2) is 0 Å². The van der Waals surface area contributed by atoms with Crippen molar-refractivity contribution < 1.29 is 0 Å². The van der Waals surface area contributed by atoms with Gasteiger partial charge in [-0.05, 0) is 38.3 Å². The molecule has 0 bridgehead atoms. The second-order valence-corrected chi connectivity index (χ2v) is 3.78. The Bertz CT molecular complexity index is 478. The van der Waals surface area contributed by atoms with Crippen molar-refractivity contribution in [2.24, 2.45) is 0 Å². The molecular formula is C12H16N2O. The lowest BCUT2D eigenvalue weighted by atomic mass is 10.0. The Hall–Kier alpha value is -1.56. The average Bonchev–Trinajstić information content (AvgIpc) is 2.22. The molecule has 3 nitrogen and oxygen atoms in total. The minimum atomic E-state index is -0.153. The Morgan fingerprint density at radius 3 is 2.33 bits per heavy atom. The normalized spacial score (nSPS) is 10.1. The molecule has 0 saturated heterocycles. The van der Waals surface area contributed by atoms with Crippen LogP contribution in [-0.4, -0.2) is 4.57 Å². The van der Waals surface area contributed by atoms with E-state index in [2.05, 4.69) is 0 Å². The van der Waals surface area contributed by atoms with E-state index in [1.807, 2.05) is 33.8 Å².